The van der Waals surface area contributed by atoms with Gasteiger partial charge in [0.15, 0.2) is 0 Å². The number of hydrogen-bond acceptors (Lipinski definition) is 2. The van der Waals surface area contributed by atoms with Crippen molar-refractivity contribution in [2.24, 2.45) is 11.8 Å². The van der Waals surface area contributed by atoms with Gasteiger partial charge < -0.3 is 10.4 Å². The van der Waals surface area contributed by atoms with Crippen LogP contribution < -0.4 is 5.32 Å². The van der Waals surface area contributed by atoms with Crippen molar-refractivity contribution in [3.8, 4) is 0 Å². The summed E-state index contributed by atoms with van der Waals surface area (Å²) in [6, 6.07) is 0.596. The third kappa shape index (κ3) is 3.21. The smallest absolute Gasteiger partial charge is 0.303 e. The number of carbonyl (C=O) groups is 1. The maximum absolute atomic E-state index is 10.7. The molecule has 3 heteroatoms. The molecule has 1 aliphatic heterocycles. The maximum Gasteiger partial charge on any atom is 0.303 e. The zero-order valence-corrected chi connectivity index (χ0v) is 9.95. The third-order valence-corrected chi connectivity index (χ3v) is 4.23. The first kappa shape index (κ1) is 11.9. The Morgan fingerprint density at radius 1 is 1.19 bits per heavy atom. The summed E-state index contributed by atoms with van der Waals surface area (Å²) in [5.74, 6) is 0.588. The molecule has 16 heavy (non-hydrogen) atoms. The zero-order valence-electron chi connectivity index (χ0n) is 9.95. The molecule has 92 valence electrons. The molecule has 1 heterocycles. The van der Waals surface area contributed by atoms with Crippen molar-refractivity contribution in [1.29, 1.82) is 0 Å². The largest absolute Gasteiger partial charge is 0.481 e. The highest BCUT2D eigenvalue weighted by Gasteiger charge is 2.29. The highest BCUT2D eigenvalue weighted by molar-refractivity contribution is 5.67. The van der Waals surface area contributed by atoms with E-state index in [1.165, 1.54) is 32.1 Å². The minimum absolute atomic E-state index is 0.366. The Morgan fingerprint density at radius 2 is 1.94 bits per heavy atom. The van der Waals surface area contributed by atoms with Gasteiger partial charge in [-0.1, -0.05) is 19.3 Å². The first-order valence-electron chi connectivity index (χ1n) is 6.71. The van der Waals surface area contributed by atoms with Crippen LogP contribution in [0.4, 0.5) is 0 Å². The topological polar surface area (TPSA) is 49.3 Å². The molecule has 2 atom stereocenters. The van der Waals surface area contributed by atoms with Crippen LogP contribution in [0.2, 0.25) is 0 Å². The van der Waals surface area contributed by atoms with Gasteiger partial charge in [0.2, 0.25) is 0 Å². The molecule has 2 N–H and O–H groups in total. The molecule has 0 aromatic heterocycles. The molecule has 0 amide bonds. The number of hydrogen-bond donors (Lipinski definition) is 2. The average molecular weight is 225 g/mol. The molecule has 2 rings (SSSR count). The van der Waals surface area contributed by atoms with E-state index in [0.717, 1.165) is 25.3 Å². The standard InChI is InChI=1S/C13H23NO2/c15-13(16)9-10-6-7-14-12(8-10)11-4-2-1-3-5-11/h10-12,14H,1-9H2,(H,15,16). The highest BCUT2D eigenvalue weighted by Crippen LogP contribution is 2.32. The molecule has 1 saturated carbocycles. The van der Waals surface area contributed by atoms with Crippen LogP contribution in [0.3, 0.4) is 0 Å². The van der Waals surface area contributed by atoms with E-state index in [1.54, 1.807) is 0 Å². The van der Waals surface area contributed by atoms with Gasteiger partial charge >= 0.3 is 5.97 Å². The average Bonchev–Trinajstić information content (AvgIpc) is 2.30. The van der Waals surface area contributed by atoms with Crippen molar-refractivity contribution in [2.45, 2.75) is 57.4 Å². The monoisotopic (exact) mass is 225 g/mol. The number of piperidine rings is 1. The van der Waals surface area contributed by atoms with Crippen LogP contribution in [0.5, 0.6) is 0 Å². The van der Waals surface area contributed by atoms with Gasteiger partial charge in [-0.2, -0.15) is 0 Å². The second-order valence-corrected chi connectivity index (χ2v) is 5.45. The Morgan fingerprint density at radius 3 is 2.62 bits per heavy atom. The fourth-order valence-corrected chi connectivity index (χ4v) is 3.36. The quantitative estimate of drug-likeness (QED) is 0.775. The van der Waals surface area contributed by atoms with E-state index >= 15 is 0 Å². The summed E-state index contributed by atoms with van der Waals surface area (Å²) in [6.45, 7) is 1.01. The summed E-state index contributed by atoms with van der Waals surface area (Å²) in [7, 11) is 0. The molecular formula is C13H23NO2. The number of nitrogens with one attached hydrogen (secondary N) is 1. The molecule has 1 saturated heterocycles. The van der Waals surface area contributed by atoms with Crippen LogP contribution >= 0.6 is 0 Å². The number of carboxylic acid groups (broad SMARTS) is 1. The summed E-state index contributed by atoms with van der Waals surface area (Å²) < 4.78 is 0. The van der Waals surface area contributed by atoms with Gasteiger partial charge in [0.1, 0.15) is 0 Å². The SMILES string of the molecule is O=C(O)CC1CCNC(C2CCCCC2)C1. The lowest BCUT2D eigenvalue weighted by molar-refractivity contribution is -0.138. The van der Waals surface area contributed by atoms with Crippen LogP contribution in [0.15, 0.2) is 0 Å². The van der Waals surface area contributed by atoms with E-state index in [2.05, 4.69) is 5.32 Å². The van der Waals surface area contributed by atoms with Crippen molar-refractivity contribution in [1.82, 2.24) is 5.32 Å². The molecule has 0 bridgehead atoms. The van der Waals surface area contributed by atoms with E-state index in [9.17, 15) is 4.79 Å². The van der Waals surface area contributed by atoms with Crippen LogP contribution in [-0.2, 0) is 4.79 Å². The lowest BCUT2D eigenvalue weighted by Crippen LogP contribution is -2.44. The summed E-state index contributed by atoms with van der Waals surface area (Å²) in [5, 5.41) is 12.4. The van der Waals surface area contributed by atoms with Gasteiger partial charge in [0.05, 0.1) is 0 Å². The molecule has 2 fully saturated rings. The molecule has 0 aromatic rings. The van der Waals surface area contributed by atoms with Crippen LogP contribution in [0.25, 0.3) is 0 Å². The Balaban J connectivity index is 1.83. The van der Waals surface area contributed by atoms with Gasteiger partial charge in [-0.25, -0.2) is 0 Å². The van der Waals surface area contributed by atoms with Crippen LogP contribution in [-0.4, -0.2) is 23.7 Å². The minimum Gasteiger partial charge on any atom is -0.481 e. The summed E-state index contributed by atoms with van der Waals surface area (Å²) >= 11 is 0. The third-order valence-electron chi connectivity index (χ3n) is 4.23. The normalized spacial score (nSPS) is 32.5. The molecule has 0 aromatic carbocycles. The van der Waals surface area contributed by atoms with E-state index < -0.39 is 5.97 Å². The first-order chi connectivity index (χ1) is 7.75. The molecular weight excluding hydrogens is 202 g/mol. The number of aliphatic carboxylic acids is 1. The summed E-state index contributed by atoms with van der Waals surface area (Å²) in [5.41, 5.74) is 0. The predicted octanol–water partition coefficient (Wildman–Crippen LogP) is 2.41. The van der Waals surface area contributed by atoms with E-state index in [0.29, 0.717) is 18.4 Å². The Bertz CT molecular complexity index is 236. The summed E-state index contributed by atoms with van der Waals surface area (Å²) in [6.07, 6.45) is 9.30. The van der Waals surface area contributed by atoms with Gasteiger partial charge in [-0.05, 0) is 44.1 Å². The number of carboxylic acids is 1. The van der Waals surface area contributed by atoms with Crippen molar-refractivity contribution in [3.63, 3.8) is 0 Å². The van der Waals surface area contributed by atoms with Crippen molar-refractivity contribution < 1.29 is 9.90 Å². The van der Waals surface area contributed by atoms with Gasteiger partial charge in [-0.3, -0.25) is 4.79 Å². The lowest BCUT2D eigenvalue weighted by Gasteiger charge is -2.37. The molecule has 2 unspecified atom stereocenters. The van der Waals surface area contributed by atoms with Gasteiger partial charge in [0, 0.05) is 12.5 Å². The second-order valence-electron chi connectivity index (χ2n) is 5.45. The fraction of sp³-hybridized carbons (Fsp3) is 0.923. The molecule has 1 aliphatic carbocycles. The van der Waals surface area contributed by atoms with E-state index in [-0.39, 0.29) is 0 Å². The van der Waals surface area contributed by atoms with Crippen molar-refractivity contribution >= 4 is 5.97 Å². The Labute approximate surface area is 97.6 Å². The predicted molar refractivity (Wildman–Crippen MR) is 63.3 cm³/mol. The highest BCUT2D eigenvalue weighted by atomic mass is 16.4. The van der Waals surface area contributed by atoms with Gasteiger partial charge in [0.25, 0.3) is 0 Å². The van der Waals surface area contributed by atoms with E-state index in [4.69, 9.17) is 5.11 Å². The number of rotatable bonds is 3. The molecule has 0 radical (unpaired) electrons. The van der Waals surface area contributed by atoms with Crippen molar-refractivity contribution in [3.05, 3.63) is 0 Å². The fourth-order valence-electron chi connectivity index (χ4n) is 3.36. The maximum atomic E-state index is 10.7. The molecule has 2 aliphatic rings. The zero-order chi connectivity index (χ0) is 11.4. The minimum atomic E-state index is -0.630. The van der Waals surface area contributed by atoms with Crippen LogP contribution in [0.1, 0.15) is 51.4 Å². The Kier molecular flexibility index (Phi) is 4.22. The van der Waals surface area contributed by atoms with E-state index in [1.807, 2.05) is 0 Å². The molecule has 0 spiro atoms. The lowest BCUT2D eigenvalue weighted by atomic mass is 9.77. The Hall–Kier alpha value is -0.570. The van der Waals surface area contributed by atoms with Gasteiger partial charge in [-0.15, -0.1) is 0 Å². The van der Waals surface area contributed by atoms with Crippen molar-refractivity contribution in [2.75, 3.05) is 6.54 Å². The first-order valence-corrected chi connectivity index (χ1v) is 6.71. The second kappa shape index (κ2) is 5.67. The van der Waals surface area contributed by atoms with Crippen LogP contribution in [0, 0.1) is 11.8 Å². The molecule has 3 nitrogen and oxygen atoms in total. The summed E-state index contributed by atoms with van der Waals surface area (Å²) in [4.78, 5) is 10.7.